The fraction of sp³-hybridized carbons (Fsp3) is 0.333. The number of hydrogen-bond donors (Lipinski definition) is 1. The molecule has 1 amide bonds. The Morgan fingerprint density at radius 3 is 2.62 bits per heavy atom. The molecule has 1 saturated heterocycles. The topological polar surface area (TPSA) is 91.4 Å². The number of hydrogen-bond acceptors (Lipinski definition) is 6. The van der Waals surface area contributed by atoms with Gasteiger partial charge in [-0.2, -0.15) is 0 Å². The number of carbonyl (C=O) groups is 1. The summed E-state index contributed by atoms with van der Waals surface area (Å²) in [6.07, 6.45) is 4.22. The number of benzene rings is 1. The van der Waals surface area contributed by atoms with Gasteiger partial charge in [0, 0.05) is 61.1 Å². The summed E-state index contributed by atoms with van der Waals surface area (Å²) in [5.74, 6) is 1.23. The number of aromatic amines is 1. The van der Waals surface area contributed by atoms with Crippen LogP contribution in [0.3, 0.4) is 0 Å². The lowest BCUT2D eigenvalue weighted by Gasteiger charge is -2.24. The fourth-order valence-corrected chi connectivity index (χ4v) is 3.94. The highest BCUT2D eigenvalue weighted by Gasteiger charge is 2.22. The van der Waals surface area contributed by atoms with Crippen LogP contribution in [-0.4, -0.2) is 59.0 Å². The standard InChI is InChI=1S/C24H27N5O3/c1-17-21(24(31)27-23(26-17)18-5-3-10-25-16-18)15-22(30)29-12-4-11-28(13-14-29)19-6-8-20(32-2)9-7-19/h3,5-10,16H,4,11-15H2,1-2H3,(H,26,27,31). The van der Waals surface area contributed by atoms with Gasteiger partial charge in [0.05, 0.1) is 13.5 Å². The van der Waals surface area contributed by atoms with Gasteiger partial charge in [0.1, 0.15) is 11.6 Å². The lowest BCUT2D eigenvalue weighted by molar-refractivity contribution is -0.130. The molecule has 1 aromatic carbocycles. The average Bonchev–Trinajstić information content (AvgIpc) is 3.08. The zero-order valence-corrected chi connectivity index (χ0v) is 18.4. The smallest absolute Gasteiger partial charge is 0.255 e. The molecule has 8 nitrogen and oxygen atoms in total. The number of aryl methyl sites for hydroxylation is 1. The predicted octanol–water partition coefficient (Wildman–Crippen LogP) is 2.43. The van der Waals surface area contributed by atoms with Gasteiger partial charge in [0.2, 0.25) is 5.91 Å². The van der Waals surface area contributed by atoms with Gasteiger partial charge in [-0.1, -0.05) is 0 Å². The molecule has 32 heavy (non-hydrogen) atoms. The Morgan fingerprint density at radius 1 is 1.12 bits per heavy atom. The van der Waals surface area contributed by atoms with Crippen molar-refractivity contribution in [3.05, 3.63) is 70.4 Å². The molecular formula is C24H27N5O3. The lowest BCUT2D eigenvalue weighted by atomic mass is 10.1. The van der Waals surface area contributed by atoms with Crippen LogP contribution in [0.2, 0.25) is 0 Å². The lowest BCUT2D eigenvalue weighted by Crippen LogP contribution is -2.37. The molecule has 0 bridgehead atoms. The summed E-state index contributed by atoms with van der Waals surface area (Å²) in [7, 11) is 1.65. The van der Waals surface area contributed by atoms with Crippen molar-refractivity contribution in [2.75, 3.05) is 38.2 Å². The summed E-state index contributed by atoms with van der Waals surface area (Å²) in [4.78, 5) is 41.2. The van der Waals surface area contributed by atoms with E-state index >= 15 is 0 Å². The van der Waals surface area contributed by atoms with E-state index in [1.54, 1.807) is 32.5 Å². The summed E-state index contributed by atoms with van der Waals surface area (Å²) in [5.41, 5.74) is 2.55. The number of anilines is 1. The van der Waals surface area contributed by atoms with Gasteiger partial charge in [0.25, 0.3) is 5.56 Å². The number of rotatable bonds is 5. The maximum atomic E-state index is 13.0. The first kappa shape index (κ1) is 21.5. The summed E-state index contributed by atoms with van der Waals surface area (Å²) in [6.45, 7) is 4.67. The van der Waals surface area contributed by atoms with Gasteiger partial charge in [0.15, 0.2) is 0 Å². The van der Waals surface area contributed by atoms with Gasteiger partial charge in [-0.15, -0.1) is 0 Å². The van der Waals surface area contributed by atoms with Gasteiger partial charge >= 0.3 is 0 Å². The first-order chi connectivity index (χ1) is 15.5. The molecular weight excluding hydrogens is 406 g/mol. The third kappa shape index (κ3) is 4.80. The van der Waals surface area contributed by atoms with Crippen molar-refractivity contribution in [2.24, 2.45) is 0 Å². The van der Waals surface area contributed by atoms with Gasteiger partial charge in [-0.3, -0.25) is 14.6 Å². The van der Waals surface area contributed by atoms with Gasteiger partial charge < -0.3 is 19.5 Å². The van der Waals surface area contributed by atoms with Crippen LogP contribution < -0.4 is 15.2 Å². The predicted molar refractivity (Wildman–Crippen MR) is 123 cm³/mol. The number of aromatic nitrogens is 3. The van der Waals surface area contributed by atoms with Crippen molar-refractivity contribution in [3.8, 4) is 17.1 Å². The first-order valence-electron chi connectivity index (χ1n) is 10.7. The van der Waals surface area contributed by atoms with Crippen molar-refractivity contribution < 1.29 is 9.53 Å². The maximum absolute atomic E-state index is 13.0. The highest BCUT2D eigenvalue weighted by molar-refractivity contribution is 5.79. The van der Waals surface area contributed by atoms with E-state index in [2.05, 4.69) is 19.9 Å². The second kappa shape index (κ2) is 9.64. The van der Waals surface area contributed by atoms with Crippen molar-refractivity contribution in [1.82, 2.24) is 19.9 Å². The SMILES string of the molecule is COc1ccc(N2CCCN(C(=O)Cc3c(C)nc(-c4cccnc4)[nH]c3=O)CC2)cc1. The third-order valence-electron chi connectivity index (χ3n) is 5.77. The molecule has 1 aliphatic heterocycles. The zero-order valence-electron chi connectivity index (χ0n) is 18.4. The van der Waals surface area contributed by atoms with E-state index in [1.165, 1.54) is 0 Å². The molecule has 0 atom stereocenters. The molecule has 0 aliphatic carbocycles. The molecule has 0 unspecified atom stereocenters. The number of amides is 1. The molecule has 166 valence electrons. The molecule has 0 saturated carbocycles. The fourth-order valence-electron chi connectivity index (χ4n) is 3.94. The van der Waals surface area contributed by atoms with Crippen molar-refractivity contribution in [1.29, 1.82) is 0 Å². The number of pyridine rings is 1. The molecule has 1 N–H and O–H groups in total. The number of methoxy groups -OCH3 is 1. The highest BCUT2D eigenvalue weighted by atomic mass is 16.5. The van der Waals surface area contributed by atoms with E-state index in [-0.39, 0.29) is 17.9 Å². The number of H-pyrrole nitrogens is 1. The highest BCUT2D eigenvalue weighted by Crippen LogP contribution is 2.21. The Morgan fingerprint density at radius 2 is 1.94 bits per heavy atom. The van der Waals surface area contributed by atoms with E-state index in [9.17, 15) is 9.59 Å². The van der Waals surface area contributed by atoms with Crippen LogP contribution in [0.15, 0.2) is 53.6 Å². The maximum Gasteiger partial charge on any atom is 0.255 e. The Balaban J connectivity index is 1.43. The van der Waals surface area contributed by atoms with E-state index < -0.39 is 0 Å². The Bertz CT molecular complexity index is 1130. The monoisotopic (exact) mass is 433 g/mol. The first-order valence-corrected chi connectivity index (χ1v) is 10.7. The van der Waals surface area contributed by atoms with Crippen LogP contribution in [0.5, 0.6) is 5.75 Å². The van der Waals surface area contributed by atoms with E-state index in [4.69, 9.17) is 4.74 Å². The van der Waals surface area contributed by atoms with Gasteiger partial charge in [-0.25, -0.2) is 4.98 Å². The van der Waals surface area contributed by atoms with Crippen LogP contribution in [0, 0.1) is 6.92 Å². The zero-order chi connectivity index (χ0) is 22.5. The van der Waals surface area contributed by atoms with Crippen LogP contribution in [-0.2, 0) is 11.2 Å². The van der Waals surface area contributed by atoms with E-state index in [1.807, 2.05) is 35.2 Å². The summed E-state index contributed by atoms with van der Waals surface area (Å²) < 4.78 is 5.23. The Kier molecular flexibility index (Phi) is 6.49. The van der Waals surface area contributed by atoms with E-state index in [0.717, 1.165) is 36.5 Å². The Hall–Kier alpha value is -3.68. The van der Waals surface area contributed by atoms with E-state index in [0.29, 0.717) is 30.2 Å². The average molecular weight is 434 g/mol. The summed E-state index contributed by atoms with van der Waals surface area (Å²) in [6, 6.07) is 11.6. The van der Waals surface area contributed by atoms with Crippen LogP contribution in [0.1, 0.15) is 17.7 Å². The number of ether oxygens (including phenoxy) is 1. The summed E-state index contributed by atoms with van der Waals surface area (Å²) >= 11 is 0. The second-order valence-corrected chi connectivity index (χ2v) is 7.82. The molecule has 1 fully saturated rings. The quantitative estimate of drug-likeness (QED) is 0.665. The molecule has 4 rings (SSSR count). The third-order valence-corrected chi connectivity index (χ3v) is 5.77. The molecule has 2 aromatic heterocycles. The number of carbonyl (C=O) groups excluding carboxylic acids is 1. The number of nitrogens with one attached hydrogen (secondary N) is 1. The minimum atomic E-state index is -0.278. The molecule has 0 spiro atoms. The van der Waals surface area contributed by atoms with Crippen molar-refractivity contribution in [2.45, 2.75) is 19.8 Å². The van der Waals surface area contributed by atoms with Crippen molar-refractivity contribution >= 4 is 11.6 Å². The Labute approximate surface area is 186 Å². The van der Waals surface area contributed by atoms with Crippen LogP contribution >= 0.6 is 0 Å². The van der Waals surface area contributed by atoms with Crippen LogP contribution in [0.4, 0.5) is 5.69 Å². The number of nitrogens with zero attached hydrogens (tertiary/aromatic N) is 4. The van der Waals surface area contributed by atoms with Crippen LogP contribution in [0.25, 0.3) is 11.4 Å². The normalized spacial score (nSPS) is 14.2. The molecule has 1 aliphatic rings. The molecule has 0 radical (unpaired) electrons. The minimum Gasteiger partial charge on any atom is -0.497 e. The summed E-state index contributed by atoms with van der Waals surface area (Å²) in [5, 5.41) is 0. The van der Waals surface area contributed by atoms with Gasteiger partial charge in [-0.05, 0) is 49.7 Å². The largest absolute Gasteiger partial charge is 0.497 e. The minimum absolute atomic E-state index is 0.0457. The molecule has 3 heterocycles. The second-order valence-electron chi connectivity index (χ2n) is 7.82. The van der Waals surface area contributed by atoms with Crippen molar-refractivity contribution in [3.63, 3.8) is 0 Å². The molecule has 3 aromatic rings. The molecule has 8 heteroatoms.